The molecule has 3 heterocycles. The van der Waals surface area contributed by atoms with Gasteiger partial charge in [-0.2, -0.15) is 4.31 Å². The van der Waals surface area contributed by atoms with Crippen molar-refractivity contribution in [2.75, 3.05) is 80.7 Å². The molecule has 0 bridgehead atoms. The summed E-state index contributed by atoms with van der Waals surface area (Å²) in [6, 6.07) is 8.17. The topological polar surface area (TPSA) is 124 Å². The first-order valence-corrected chi connectivity index (χ1v) is 15.7. The molecule has 3 aliphatic heterocycles. The second-order valence-corrected chi connectivity index (χ2v) is 14.9. The minimum absolute atomic E-state index is 0.226. The zero-order valence-electron chi connectivity index (χ0n) is 21.1. The molecule has 1 aromatic rings. The average Bonchev–Trinajstić information content (AvgIpc) is 3.22. The van der Waals surface area contributed by atoms with E-state index in [0.29, 0.717) is 52.4 Å². The molecular weight excluding hydrogens is 509 g/mol. The molecule has 2 N–H and O–H groups in total. The number of nitrogens with zero attached hydrogens (tertiary/aromatic N) is 4. The van der Waals surface area contributed by atoms with E-state index in [2.05, 4.69) is 23.6 Å². The van der Waals surface area contributed by atoms with Gasteiger partial charge in [-0.3, -0.25) is 4.79 Å². The Morgan fingerprint density at radius 2 is 1.39 bits per heavy atom. The van der Waals surface area contributed by atoms with Crippen molar-refractivity contribution in [2.45, 2.75) is 19.4 Å². The van der Waals surface area contributed by atoms with Gasteiger partial charge in [-0.05, 0) is 24.3 Å². The Morgan fingerprint density at radius 3 is 1.83 bits per heavy atom. The predicted octanol–water partition coefficient (Wildman–Crippen LogP) is 0.112. The number of sulfonamides is 1. The van der Waals surface area contributed by atoms with Gasteiger partial charge in [0.05, 0.1) is 12.0 Å². The molecule has 0 aromatic heterocycles. The first-order chi connectivity index (χ1) is 16.7. The van der Waals surface area contributed by atoms with Gasteiger partial charge in [-0.15, -0.1) is 0 Å². The number of halogens is 1. The van der Waals surface area contributed by atoms with Crippen molar-refractivity contribution < 1.29 is 26.0 Å². The van der Waals surface area contributed by atoms with Gasteiger partial charge in [0.15, 0.2) is 9.84 Å². The molecule has 1 unspecified atom stereocenters. The van der Waals surface area contributed by atoms with Gasteiger partial charge in [0.25, 0.3) is 11.4 Å². The number of hydrogen-bond acceptors (Lipinski definition) is 8. The SMILES string of the molecule is C[C@@]12CN(C(=O)C(F)S(=O)(=O)CCN)C[C@]1(C)CN(c1ccc(N3CCN(S(C)(=O)=O)CC3)cc1)C2. The molecule has 1 aromatic carbocycles. The van der Waals surface area contributed by atoms with Crippen LogP contribution in [0.3, 0.4) is 0 Å². The number of anilines is 2. The van der Waals surface area contributed by atoms with Crippen molar-refractivity contribution in [1.29, 1.82) is 0 Å². The Bertz CT molecular complexity index is 1180. The summed E-state index contributed by atoms with van der Waals surface area (Å²) in [5.41, 5.74) is 4.13. The van der Waals surface area contributed by atoms with Gasteiger partial charge in [-0.25, -0.2) is 21.2 Å². The Kier molecular flexibility index (Phi) is 7.08. The minimum atomic E-state index is -4.22. The normalized spacial score (nSPS) is 28.4. The molecular formula is C23H36FN5O5S2. The number of rotatable bonds is 7. The molecule has 36 heavy (non-hydrogen) atoms. The highest BCUT2D eigenvalue weighted by atomic mass is 32.2. The van der Waals surface area contributed by atoms with Gasteiger partial charge in [0.1, 0.15) is 0 Å². The van der Waals surface area contributed by atoms with Crippen LogP contribution in [0.25, 0.3) is 0 Å². The van der Waals surface area contributed by atoms with E-state index >= 15 is 0 Å². The highest BCUT2D eigenvalue weighted by Crippen LogP contribution is 2.52. The molecule has 13 heteroatoms. The molecule has 202 valence electrons. The molecule has 1 amide bonds. The molecule has 3 aliphatic rings. The third-order valence-corrected chi connectivity index (χ3v) is 11.1. The van der Waals surface area contributed by atoms with Crippen molar-refractivity contribution in [1.82, 2.24) is 9.21 Å². The third-order valence-electron chi connectivity index (χ3n) is 8.13. The van der Waals surface area contributed by atoms with E-state index in [1.54, 1.807) is 0 Å². The smallest absolute Gasteiger partial charge is 0.278 e. The summed E-state index contributed by atoms with van der Waals surface area (Å²) >= 11 is 0. The fourth-order valence-corrected chi connectivity index (χ4v) is 7.53. The summed E-state index contributed by atoms with van der Waals surface area (Å²) in [6.45, 7) is 8.00. The molecule has 0 aliphatic carbocycles. The van der Waals surface area contributed by atoms with Crippen LogP contribution in [0.4, 0.5) is 15.8 Å². The predicted molar refractivity (Wildman–Crippen MR) is 138 cm³/mol. The number of hydrogen-bond donors (Lipinski definition) is 1. The Morgan fingerprint density at radius 1 is 0.917 bits per heavy atom. The van der Waals surface area contributed by atoms with Gasteiger partial charge in [-0.1, -0.05) is 13.8 Å². The van der Waals surface area contributed by atoms with Crippen molar-refractivity contribution in [3.05, 3.63) is 24.3 Å². The summed E-state index contributed by atoms with van der Waals surface area (Å²) in [5, 5.41) is 0. The molecule has 3 saturated heterocycles. The largest absolute Gasteiger partial charge is 0.370 e. The minimum Gasteiger partial charge on any atom is -0.370 e. The lowest BCUT2D eigenvalue weighted by molar-refractivity contribution is -0.133. The van der Waals surface area contributed by atoms with E-state index in [0.717, 1.165) is 11.4 Å². The van der Waals surface area contributed by atoms with Crippen molar-refractivity contribution in [2.24, 2.45) is 16.6 Å². The molecule has 0 saturated carbocycles. The van der Waals surface area contributed by atoms with Gasteiger partial charge < -0.3 is 20.4 Å². The lowest BCUT2D eigenvalue weighted by Crippen LogP contribution is -2.48. The molecule has 3 fully saturated rings. The Labute approximate surface area is 213 Å². The number of fused-ring (bicyclic) bond motifs is 1. The van der Waals surface area contributed by atoms with Crippen molar-refractivity contribution >= 4 is 37.1 Å². The molecule has 3 atom stereocenters. The monoisotopic (exact) mass is 545 g/mol. The first-order valence-electron chi connectivity index (χ1n) is 12.1. The van der Waals surface area contributed by atoms with E-state index in [9.17, 15) is 26.0 Å². The van der Waals surface area contributed by atoms with E-state index in [1.165, 1.54) is 15.5 Å². The Hall–Kier alpha value is -1.96. The molecule has 0 spiro atoms. The number of nitrogens with two attached hydrogens (primary N) is 1. The number of alkyl halides is 1. The van der Waals surface area contributed by atoms with Crippen LogP contribution in [0.2, 0.25) is 0 Å². The summed E-state index contributed by atoms with van der Waals surface area (Å²) < 4.78 is 63.6. The van der Waals surface area contributed by atoms with Crippen LogP contribution in [-0.2, 0) is 24.7 Å². The van der Waals surface area contributed by atoms with Crippen LogP contribution in [0.15, 0.2) is 24.3 Å². The van der Waals surface area contributed by atoms with E-state index < -0.39 is 37.0 Å². The fraction of sp³-hybridized carbons (Fsp3) is 0.696. The number of likely N-dealkylation sites (tertiary alicyclic amines) is 1. The van der Waals surface area contributed by atoms with E-state index in [4.69, 9.17) is 5.73 Å². The number of carbonyl (C=O) groups excluding carboxylic acids is 1. The van der Waals surface area contributed by atoms with E-state index in [-0.39, 0.29) is 17.4 Å². The number of carbonyl (C=O) groups is 1. The summed E-state index contributed by atoms with van der Waals surface area (Å²) in [7, 11) is -7.39. The average molecular weight is 546 g/mol. The van der Waals surface area contributed by atoms with Gasteiger partial charge >= 0.3 is 0 Å². The zero-order chi connectivity index (χ0) is 26.5. The van der Waals surface area contributed by atoms with Gasteiger partial charge in [0, 0.05) is 81.1 Å². The third kappa shape index (κ3) is 4.94. The van der Waals surface area contributed by atoms with Crippen molar-refractivity contribution in [3.8, 4) is 0 Å². The molecule has 0 radical (unpaired) electrons. The lowest BCUT2D eigenvalue weighted by atomic mass is 9.71. The van der Waals surface area contributed by atoms with Crippen LogP contribution < -0.4 is 15.5 Å². The highest BCUT2D eigenvalue weighted by molar-refractivity contribution is 7.92. The second-order valence-electron chi connectivity index (χ2n) is 10.8. The van der Waals surface area contributed by atoms with E-state index in [1.807, 2.05) is 24.3 Å². The second kappa shape index (κ2) is 9.41. The maximum Gasteiger partial charge on any atom is 0.278 e. The first kappa shape index (κ1) is 27.1. The van der Waals surface area contributed by atoms with Crippen LogP contribution >= 0.6 is 0 Å². The van der Waals surface area contributed by atoms with Crippen LogP contribution in [0.5, 0.6) is 0 Å². The maximum absolute atomic E-state index is 14.6. The number of sulfone groups is 1. The van der Waals surface area contributed by atoms with Gasteiger partial charge in [0.2, 0.25) is 10.0 Å². The fourth-order valence-electron chi connectivity index (χ4n) is 5.72. The van der Waals surface area contributed by atoms with Crippen LogP contribution in [-0.4, -0.2) is 108 Å². The quantitative estimate of drug-likeness (QED) is 0.512. The molecule has 4 rings (SSSR count). The standard InChI is InChI=1S/C23H36FN5O5S2/c1-22-14-27(15-23(22,2)17-28(16-22)21(30)20(24)36(33,34)13-8-25)19-6-4-18(5-7-19)26-9-11-29(12-10-26)35(3,31)32/h4-7,20H,8-17,25H2,1-3H3/t20?,22-,23+. The maximum atomic E-state index is 14.6. The van der Waals surface area contributed by atoms with Crippen molar-refractivity contribution in [3.63, 3.8) is 0 Å². The summed E-state index contributed by atoms with van der Waals surface area (Å²) in [5.74, 6) is -1.55. The molecule has 10 nitrogen and oxygen atoms in total. The Balaban J connectivity index is 1.40. The van der Waals surface area contributed by atoms with Crippen LogP contribution in [0, 0.1) is 10.8 Å². The lowest BCUT2D eigenvalue weighted by Gasteiger charge is -2.35. The summed E-state index contributed by atoms with van der Waals surface area (Å²) in [6.07, 6.45) is 1.23. The van der Waals surface area contributed by atoms with Crippen LogP contribution in [0.1, 0.15) is 13.8 Å². The number of benzene rings is 1. The zero-order valence-corrected chi connectivity index (χ0v) is 22.7. The summed E-state index contributed by atoms with van der Waals surface area (Å²) in [4.78, 5) is 18.5. The number of piperazine rings is 1. The number of amides is 1. The highest BCUT2D eigenvalue weighted by Gasteiger charge is 2.59.